The summed E-state index contributed by atoms with van der Waals surface area (Å²) >= 11 is 1.57. The van der Waals surface area contributed by atoms with Gasteiger partial charge in [-0.25, -0.2) is 4.39 Å². The van der Waals surface area contributed by atoms with E-state index >= 15 is 0 Å². The van der Waals surface area contributed by atoms with Crippen molar-refractivity contribution in [3.8, 4) is 5.75 Å². The van der Waals surface area contributed by atoms with Gasteiger partial charge in [-0.3, -0.25) is 9.59 Å². The van der Waals surface area contributed by atoms with Crippen molar-refractivity contribution in [1.29, 1.82) is 0 Å². The number of halogens is 1. The van der Waals surface area contributed by atoms with Gasteiger partial charge in [0.2, 0.25) is 5.91 Å². The summed E-state index contributed by atoms with van der Waals surface area (Å²) in [6.07, 6.45) is 0.720. The highest BCUT2D eigenvalue weighted by molar-refractivity contribution is 7.09. The van der Waals surface area contributed by atoms with Crippen molar-refractivity contribution in [2.24, 2.45) is 0 Å². The van der Waals surface area contributed by atoms with Crippen molar-refractivity contribution in [3.63, 3.8) is 0 Å². The van der Waals surface area contributed by atoms with Gasteiger partial charge in [0.15, 0.2) is 0 Å². The molecule has 1 atom stereocenters. The lowest BCUT2D eigenvalue weighted by Gasteiger charge is -2.31. The first-order chi connectivity index (χ1) is 15.9. The van der Waals surface area contributed by atoms with E-state index in [1.807, 2.05) is 31.4 Å². The molecule has 0 N–H and O–H groups in total. The monoisotopic (exact) mass is 468 g/mol. The zero-order valence-corrected chi connectivity index (χ0v) is 20.0. The topological polar surface area (TPSA) is 49.9 Å². The molecular formula is C26H29FN2O3S. The Morgan fingerprint density at radius 3 is 2.30 bits per heavy atom. The summed E-state index contributed by atoms with van der Waals surface area (Å²) in [4.78, 5) is 31.1. The zero-order chi connectivity index (χ0) is 23.8. The molecule has 3 rings (SSSR count). The number of ether oxygens (including phenoxy) is 1. The second kappa shape index (κ2) is 11.6. The minimum absolute atomic E-state index is 0.0353. The number of thiophene rings is 1. The maximum atomic E-state index is 13.5. The number of amides is 2. The first-order valence-corrected chi connectivity index (χ1v) is 11.8. The van der Waals surface area contributed by atoms with Gasteiger partial charge < -0.3 is 14.5 Å². The van der Waals surface area contributed by atoms with E-state index in [-0.39, 0.29) is 30.2 Å². The molecule has 0 aliphatic heterocycles. The fourth-order valence-electron chi connectivity index (χ4n) is 3.43. The van der Waals surface area contributed by atoms with Crippen LogP contribution in [0.4, 0.5) is 4.39 Å². The van der Waals surface area contributed by atoms with Gasteiger partial charge in [0.25, 0.3) is 5.91 Å². The smallest absolute Gasteiger partial charge is 0.254 e. The summed E-state index contributed by atoms with van der Waals surface area (Å²) in [5.74, 6) is -0.00449. The van der Waals surface area contributed by atoms with Crippen molar-refractivity contribution in [3.05, 3.63) is 87.9 Å². The summed E-state index contributed by atoms with van der Waals surface area (Å²) in [5.41, 5.74) is 1.34. The maximum Gasteiger partial charge on any atom is 0.254 e. The van der Waals surface area contributed by atoms with E-state index in [1.54, 1.807) is 64.6 Å². The van der Waals surface area contributed by atoms with E-state index in [0.717, 1.165) is 16.9 Å². The predicted octanol–water partition coefficient (Wildman–Crippen LogP) is 5.37. The highest BCUT2D eigenvalue weighted by Gasteiger charge is 2.26. The lowest BCUT2D eigenvalue weighted by molar-refractivity contribution is -0.133. The summed E-state index contributed by atoms with van der Waals surface area (Å²) < 4.78 is 18.5. The van der Waals surface area contributed by atoms with Gasteiger partial charge in [-0.1, -0.05) is 25.1 Å². The molecule has 1 unspecified atom stereocenters. The molecule has 0 aliphatic rings. The molecule has 33 heavy (non-hydrogen) atoms. The largest absolute Gasteiger partial charge is 0.497 e. The number of benzene rings is 2. The van der Waals surface area contributed by atoms with Gasteiger partial charge >= 0.3 is 0 Å². The van der Waals surface area contributed by atoms with Gasteiger partial charge in [-0.15, -0.1) is 11.3 Å². The zero-order valence-electron chi connectivity index (χ0n) is 19.2. The van der Waals surface area contributed by atoms with Gasteiger partial charge in [-0.05, 0) is 66.8 Å². The summed E-state index contributed by atoms with van der Waals surface area (Å²) in [7, 11) is 1.57. The quantitative estimate of drug-likeness (QED) is 0.402. The summed E-state index contributed by atoms with van der Waals surface area (Å²) in [5, 5.41) is 1.97. The standard InChI is InChI=1S/C26H29FN2O3S/c1-4-19(2)29(26(31)21-9-13-23(32-3)14-10-21)18-25(30)28(17-24-6-5-15-33-24)16-20-7-11-22(27)12-8-20/h5-15,19H,4,16-18H2,1-3H3. The van der Waals surface area contributed by atoms with Gasteiger partial charge in [-0.2, -0.15) is 0 Å². The Hall–Kier alpha value is -3.19. The first-order valence-electron chi connectivity index (χ1n) is 10.9. The number of hydrogen-bond acceptors (Lipinski definition) is 4. The molecule has 0 saturated heterocycles. The third-order valence-corrected chi connectivity index (χ3v) is 6.45. The number of hydrogen-bond donors (Lipinski definition) is 0. The van der Waals surface area contributed by atoms with Crippen molar-refractivity contribution < 1.29 is 18.7 Å². The molecule has 0 radical (unpaired) electrons. The number of methoxy groups -OCH3 is 1. The van der Waals surface area contributed by atoms with Crippen LogP contribution in [0.15, 0.2) is 66.0 Å². The molecule has 0 aliphatic carbocycles. The molecule has 0 fully saturated rings. The third kappa shape index (κ3) is 6.65. The van der Waals surface area contributed by atoms with Gasteiger partial charge in [0.05, 0.1) is 13.7 Å². The van der Waals surface area contributed by atoms with Crippen LogP contribution in [0.25, 0.3) is 0 Å². The van der Waals surface area contributed by atoms with Crippen LogP contribution < -0.4 is 4.74 Å². The Morgan fingerprint density at radius 1 is 1.03 bits per heavy atom. The van der Waals surface area contributed by atoms with Crippen LogP contribution in [0.1, 0.15) is 41.1 Å². The number of rotatable bonds is 10. The molecule has 5 nitrogen and oxygen atoms in total. The third-order valence-electron chi connectivity index (χ3n) is 5.59. The van der Waals surface area contributed by atoms with E-state index in [2.05, 4.69) is 0 Å². The molecule has 2 amide bonds. The molecule has 174 valence electrons. The maximum absolute atomic E-state index is 13.5. The molecule has 0 bridgehead atoms. The van der Waals surface area contributed by atoms with E-state index in [0.29, 0.717) is 24.4 Å². The first kappa shape index (κ1) is 24.5. The lowest BCUT2D eigenvalue weighted by Crippen LogP contribution is -2.46. The minimum atomic E-state index is -0.317. The van der Waals surface area contributed by atoms with Crippen LogP contribution in [0.5, 0.6) is 5.75 Å². The van der Waals surface area contributed by atoms with Crippen LogP contribution in [0.3, 0.4) is 0 Å². The van der Waals surface area contributed by atoms with Crippen LogP contribution in [-0.4, -0.2) is 41.3 Å². The number of carbonyl (C=O) groups excluding carboxylic acids is 2. The molecule has 3 aromatic rings. The average Bonchev–Trinajstić information content (AvgIpc) is 3.35. The van der Waals surface area contributed by atoms with Gasteiger partial charge in [0, 0.05) is 23.0 Å². The molecular weight excluding hydrogens is 439 g/mol. The minimum Gasteiger partial charge on any atom is -0.497 e. The summed E-state index contributed by atoms with van der Waals surface area (Å²) in [6, 6.07) is 16.8. The van der Waals surface area contributed by atoms with Crippen LogP contribution in [0.2, 0.25) is 0 Å². The van der Waals surface area contributed by atoms with Crippen LogP contribution >= 0.6 is 11.3 Å². The number of nitrogens with zero attached hydrogens (tertiary/aromatic N) is 2. The Morgan fingerprint density at radius 2 is 1.73 bits per heavy atom. The molecule has 7 heteroatoms. The van der Waals surface area contributed by atoms with E-state index < -0.39 is 0 Å². The van der Waals surface area contributed by atoms with Crippen LogP contribution in [-0.2, 0) is 17.9 Å². The van der Waals surface area contributed by atoms with Crippen molar-refractivity contribution in [1.82, 2.24) is 9.80 Å². The molecule has 1 heterocycles. The van der Waals surface area contributed by atoms with Crippen molar-refractivity contribution >= 4 is 23.2 Å². The molecule has 0 spiro atoms. The van der Waals surface area contributed by atoms with E-state index in [9.17, 15) is 14.0 Å². The fourth-order valence-corrected chi connectivity index (χ4v) is 4.15. The van der Waals surface area contributed by atoms with E-state index in [4.69, 9.17) is 4.74 Å². The normalized spacial score (nSPS) is 11.6. The molecule has 2 aromatic carbocycles. The Bertz CT molecular complexity index is 1040. The average molecular weight is 469 g/mol. The molecule has 0 saturated carbocycles. The SMILES string of the molecule is CCC(C)N(CC(=O)N(Cc1ccc(F)cc1)Cc1cccs1)C(=O)c1ccc(OC)cc1. The highest BCUT2D eigenvalue weighted by atomic mass is 32.1. The molecule has 1 aromatic heterocycles. The Labute approximate surface area is 198 Å². The lowest BCUT2D eigenvalue weighted by atomic mass is 10.1. The second-order valence-corrected chi connectivity index (χ2v) is 8.91. The van der Waals surface area contributed by atoms with E-state index in [1.165, 1.54) is 12.1 Å². The summed E-state index contributed by atoms with van der Waals surface area (Å²) in [6.45, 7) is 4.66. The van der Waals surface area contributed by atoms with Crippen molar-refractivity contribution in [2.75, 3.05) is 13.7 Å². The van der Waals surface area contributed by atoms with Gasteiger partial charge in [0.1, 0.15) is 18.1 Å². The highest BCUT2D eigenvalue weighted by Crippen LogP contribution is 2.19. The predicted molar refractivity (Wildman–Crippen MR) is 129 cm³/mol. The Balaban J connectivity index is 1.81. The van der Waals surface area contributed by atoms with Crippen molar-refractivity contribution in [2.45, 2.75) is 39.4 Å². The number of carbonyl (C=O) groups is 2. The second-order valence-electron chi connectivity index (χ2n) is 7.87. The Kier molecular flexibility index (Phi) is 8.60. The fraction of sp³-hybridized carbons (Fsp3) is 0.308. The van der Waals surface area contributed by atoms with Crippen LogP contribution in [0, 0.1) is 5.82 Å².